The van der Waals surface area contributed by atoms with E-state index in [-0.39, 0.29) is 11.7 Å². The van der Waals surface area contributed by atoms with Gasteiger partial charge < -0.3 is 15.5 Å². The molecule has 1 amide bonds. The van der Waals surface area contributed by atoms with Gasteiger partial charge >= 0.3 is 0 Å². The standard InChI is InChI=1S/C14H16N2O2S/c1-10-6-7-11(18-10)8-16-12-4-2-3-5-13(12)19-9-14(15)17/h2-7,16H,8-9H2,1H3,(H2,15,17). The molecule has 0 saturated carbocycles. The van der Waals surface area contributed by atoms with Crippen LogP contribution < -0.4 is 11.1 Å². The van der Waals surface area contributed by atoms with Gasteiger partial charge in [0.15, 0.2) is 0 Å². The van der Waals surface area contributed by atoms with E-state index in [1.165, 1.54) is 11.8 Å². The lowest BCUT2D eigenvalue weighted by atomic mass is 10.3. The Bertz CT molecular complexity index is 566. The average Bonchev–Trinajstić information content (AvgIpc) is 2.80. The molecule has 100 valence electrons. The number of para-hydroxylation sites is 1. The number of anilines is 1. The lowest BCUT2D eigenvalue weighted by Crippen LogP contribution is -2.13. The number of primary amides is 1. The highest BCUT2D eigenvalue weighted by Crippen LogP contribution is 2.27. The van der Waals surface area contributed by atoms with Crippen LogP contribution in [0.4, 0.5) is 5.69 Å². The van der Waals surface area contributed by atoms with E-state index in [0.717, 1.165) is 22.1 Å². The molecule has 1 heterocycles. The van der Waals surface area contributed by atoms with Gasteiger partial charge in [0, 0.05) is 10.6 Å². The van der Waals surface area contributed by atoms with Crippen molar-refractivity contribution in [2.75, 3.05) is 11.1 Å². The summed E-state index contributed by atoms with van der Waals surface area (Å²) in [6, 6.07) is 11.7. The van der Waals surface area contributed by atoms with Crippen molar-refractivity contribution in [3.63, 3.8) is 0 Å². The number of rotatable bonds is 6. The van der Waals surface area contributed by atoms with Crippen LogP contribution in [0.2, 0.25) is 0 Å². The van der Waals surface area contributed by atoms with Gasteiger partial charge in [-0.05, 0) is 31.2 Å². The summed E-state index contributed by atoms with van der Waals surface area (Å²) in [5.41, 5.74) is 6.14. The van der Waals surface area contributed by atoms with Crippen molar-refractivity contribution in [3.8, 4) is 0 Å². The smallest absolute Gasteiger partial charge is 0.227 e. The molecule has 0 bridgehead atoms. The Labute approximate surface area is 116 Å². The molecular weight excluding hydrogens is 260 g/mol. The Kier molecular flexibility index (Phi) is 4.52. The number of amides is 1. The number of nitrogens with one attached hydrogen (secondary N) is 1. The predicted octanol–water partition coefficient (Wildman–Crippen LogP) is 2.78. The normalized spacial score (nSPS) is 10.4. The fourth-order valence-electron chi connectivity index (χ4n) is 1.65. The van der Waals surface area contributed by atoms with Gasteiger partial charge in [0.05, 0.1) is 12.3 Å². The minimum absolute atomic E-state index is 0.276. The Morgan fingerprint density at radius 3 is 2.79 bits per heavy atom. The largest absolute Gasteiger partial charge is 0.465 e. The Morgan fingerprint density at radius 2 is 2.11 bits per heavy atom. The minimum atomic E-state index is -0.318. The number of thioether (sulfide) groups is 1. The molecule has 1 aromatic carbocycles. The summed E-state index contributed by atoms with van der Waals surface area (Å²) in [6.45, 7) is 2.53. The second kappa shape index (κ2) is 6.33. The summed E-state index contributed by atoms with van der Waals surface area (Å²) in [5, 5.41) is 3.30. The number of carbonyl (C=O) groups excluding carboxylic acids is 1. The van der Waals surface area contributed by atoms with Crippen LogP contribution in [-0.2, 0) is 11.3 Å². The molecule has 0 aliphatic carbocycles. The quantitative estimate of drug-likeness (QED) is 0.796. The van der Waals surface area contributed by atoms with Crippen molar-refractivity contribution in [2.24, 2.45) is 5.73 Å². The zero-order chi connectivity index (χ0) is 13.7. The second-order valence-electron chi connectivity index (χ2n) is 4.12. The van der Waals surface area contributed by atoms with E-state index in [4.69, 9.17) is 10.2 Å². The molecule has 0 saturated heterocycles. The monoisotopic (exact) mass is 276 g/mol. The van der Waals surface area contributed by atoms with Crippen LogP contribution in [0.25, 0.3) is 0 Å². The van der Waals surface area contributed by atoms with Gasteiger partial charge in [-0.3, -0.25) is 4.79 Å². The summed E-state index contributed by atoms with van der Waals surface area (Å²) in [5.74, 6) is 1.74. The van der Waals surface area contributed by atoms with Gasteiger partial charge in [0.25, 0.3) is 0 Å². The third-order valence-electron chi connectivity index (χ3n) is 2.51. The fourth-order valence-corrected chi connectivity index (χ4v) is 2.42. The van der Waals surface area contributed by atoms with Crippen molar-refractivity contribution in [1.82, 2.24) is 0 Å². The van der Waals surface area contributed by atoms with Gasteiger partial charge in [-0.1, -0.05) is 12.1 Å². The first kappa shape index (κ1) is 13.5. The Hall–Kier alpha value is -1.88. The number of hydrogen-bond acceptors (Lipinski definition) is 4. The maximum atomic E-state index is 10.8. The van der Waals surface area contributed by atoms with Gasteiger partial charge in [-0.25, -0.2) is 0 Å². The van der Waals surface area contributed by atoms with E-state index in [2.05, 4.69) is 5.32 Å². The lowest BCUT2D eigenvalue weighted by molar-refractivity contribution is -0.115. The number of carbonyl (C=O) groups is 1. The van der Waals surface area contributed by atoms with Crippen LogP contribution in [0.1, 0.15) is 11.5 Å². The molecule has 3 N–H and O–H groups in total. The molecule has 0 aliphatic rings. The Balaban J connectivity index is 2.01. The van der Waals surface area contributed by atoms with Crippen LogP contribution in [0.3, 0.4) is 0 Å². The van der Waals surface area contributed by atoms with Crippen LogP contribution in [0.15, 0.2) is 45.7 Å². The maximum Gasteiger partial charge on any atom is 0.227 e. The number of benzene rings is 1. The van der Waals surface area contributed by atoms with E-state index in [0.29, 0.717) is 6.54 Å². The van der Waals surface area contributed by atoms with E-state index in [1.807, 2.05) is 43.3 Å². The molecule has 2 rings (SSSR count). The zero-order valence-electron chi connectivity index (χ0n) is 10.7. The first-order valence-corrected chi connectivity index (χ1v) is 6.93. The average molecular weight is 276 g/mol. The first-order valence-electron chi connectivity index (χ1n) is 5.94. The van der Waals surface area contributed by atoms with E-state index >= 15 is 0 Å². The van der Waals surface area contributed by atoms with E-state index in [1.54, 1.807) is 0 Å². The molecule has 0 fully saturated rings. The van der Waals surface area contributed by atoms with Crippen LogP contribution in [0, 0.1) is 6.92 Å². The van der Waals surface area contributed by atoms with Crippen LogP contribution in [0.5, 0.6) is 0 Å². The Morgan fingerprint density at radius 1 is 1.32 bits per heavy atom. The lowest BCUT2D eigenvalue weighted by Gasteiger charge is -2.09. The number of hydrogen-bond donors (Lipinski definition) is 2. The van der Waals surface area contributed by atoms with Crippen molar-refractivity contribution >= 4 is 23.4 Å². The highest BCUT2D eigenvalue weighted by molar-refractivity contribution is 8.00. The highest BCUT2D eigenvalue weighted by atomic mass is 32.2. The molecule has 1 aromatic heterocycles. The van der Waals surface area contributed by atoms with Gasteiger partial charge in [0.2, 0.25) is 5.91 Å². The molecule has 0 atom stereocenters. The molecule has 5 heteroatoms. The topological polar surface area (TPSA) is 68.3 Å². The fraction of sp³-hybridized carbons (Fsp3) is 0.214. The SMILES string of the molecule is Cc1ccc(CNc2ccccc2SCC(N)=O)o1. The van der Waals surface area contributed by atoms with E-state index < -0.39 is 0 Å². The summed E-state index contributed by atoms with van der Waals surface area (Å²) in [6.07, 6.45) is 0. The van der Waals surface area contributed by atoms with Gasteiger partial charge in [0.1, 0.15) is 11.5 Å². The van der Waals surface area contributed by atoms with Crippen molar-refractivity contribution in [3.05, 3.63) is 47.9 Å². The number of aryl methyl sites for hydroxylation is 1. The summed E-state index contributed by atoms with van der Waals surface area (Å²) >= 11 is 1.43. The van der Waals surface area contributed by atoms with Crippen LogP contribution >= 0.6 is 11.8 Å². The van der Waals surface area contributed by atoms with E-state index in [9.17, 15) is 4.79 Å². The predicted molar refractivity (Wildman–Crippen MR) is 77.1 cm³/mol. The molecule has 0 aliphatic heterocycles. The summed E-state index contributed by atoms with van der Waals surface area (Å²) in [7, 11) is 0. The minimum Gasteiger partial charge on any atom is -0.465 e. The summed E-state index contributed by atoms with van der Waals surface area (Å²) < 4.78 is 5.50. The number of furan rings is 1. The number of nitrogens with two attached hydrogens (primary N) is 1. The maximum absolute atomic E-state index is 10.8. The van der Waals surface area contributed by atoms with Crippen molar-refractivity contribution in [1.29, 1.82) is 0 Å². The third kappa shape index (κ3) is 4.06. The van der Waals surface area contributed by atoms with Crippen molar-refractivity contribution < 1.29 is 9.21 Å². The third-order valence-corrected chi connectivity index (χ3v) is 3.60. The molecule has 0 spiro atoms. The summed E-state index contributed by atoms with van der Waals surface area (Å²) in [4.78, 5) is 11.8. The van der Waals surface area contributed by atoms with Crippen LogP contribution in [-0.4, -0.2) is 11.7 Å². The molecular formula is C14H16N2O2S. The second-order valence-corrected chi connectivity index (χ2v) is 5.13. The highest BCUT2D eigenvalue weighted by Gasteiger charge is 2.05. The molecule has 0 unspecified atom stereocenters. The van der Waals surface area contributed by atoms with Gasteiger partial charge in [-0.2, -0.15) is 0 Å². The molecule has 0 radical (unpaired) electrons. The molecule has 2 aromatic rings. The molecule has 4 nitrogen and oxygen atoms in total. The first-order chi connectivity index (χ1) is 9.15. The van der Waals surface area contributed by atoms with Crippen molar-refractivity contribution in [2.45, 2.75) is 18.4 Å². The molecule has 19 heavy (non-hydrogen) atoms. The zero-order valence-corrected chi connectivity index (χ0v) is 11.5. The van der Waals surface area contributed by atoms with Gasteiger partial charge in [-0.15, -0.1) is 11.8 Å².